The van der Waals surface area contributed by atoms with Crippen LogP contribution in [0.25, 0.3) is 0 Å². The van der Waals surface area contributed by atoms with E-state index >= 15 is 0 Å². The Hall–Kier alpha value is -2.93. The smallest absolute Gasteiger partial charge is 0.274 e. The summed E-state index contributed by atoms with van der Waals surface area (Å²) in [4.78, 5) is 30.1. The van der Waals surface area contributed by atoms with Gasteiger partial charge in [0.15, 0.2) is 0 Å². The minimum absolute atomic E-state index is 0.259. The van der Waals surface area contributed by atoms with Gasteiger partial charge in [0.05, 0.1) is 24.5 Å². The van der Waals surface area contributed by atoms with Crippen molar-refractivity contribution >= 4 is 23.2 Å². The molecule has 2 aromatic rings. The second-order valence-corrected chi connectivity index (χ2v) is 5.36. The second-order valence-electron chi connectivity index (χ2n) is 5.36. The minimum atomic E-state index is -0.596. The third-order valence-electron chi connectivity index (χ3n) is 3.79. The number of nitrogens with zero attached hydrogens (tertiary/aromatic N) is 2. The molecule has 7 nitrogen and oxygen atoms in total. The van der Waals surface area contributed by atoms with E-state index < -0.39 is 5.91 Å². The zero-order chi connectivity index (χ0) is 16.9. The Balaban J connectivity index is 1.79. The minimum Gasteiger partial charge on any atom is -0.378 e. The Bertz CT molecular complexity index is 757. The van der Waals surface area contributed by atoms with Crippen LogP contribution in [0.2, 0.25) is 0 Å². The third kappa shape index (κ3) is 3.52. The maximum absolute atomic E-state index is 12.5. The van der Waals surface area contributed by atoms with Crippen molar-refractivity contribution in [2.75, 3.05) is 36.5 Å². The van der Waals surface area contributed by atoms with Crippen LogP contribution in [0.3, 0.4) is 0 Å². The zero-order valence-corrected chi connectivity index (χ0v) is 13.1. The number of hydrogen-bond donors (Lipinski definition) is 2. The Kier molecular flexibility index (Phi) is 4.72. The van der Waals surface area contributed by atoms with Crippen LogP contribution in [0.1, 0.15) is 20.8 Å². The van der Waals surface area contributed by atoms with Gasteiger partial charge in [0, 0.05) is 25.0 Å². The van der Waals surface area contributed by atoms with Gasteiger partial charge in [-0.3, -0.25) is 14.6 Å². The van der Waals surface area contributed by atoms with Crippen LogP contribution < -0.4 is 16.0 Å². The van der Waals surface area contributed by atoms with E-state index in [1.54, 1.807) is 36.5 Å². The first-order chi connectivity index (χ1) is 11.6. The van der Waals surface area contributed by atoms with Crippen LogP contribution in [0.15, 0.2) is 42.6 Å². The first kappa shape index (κ1) is 15.9. The van der Waals surface area contributed by atoms with E-state index in [1.807, 2.05) is 6.07 Å². The summed E-state index contributed by atoms with van der Waals surface area (Å²) in [5, 5.41) is 2.69. The van der Waals surface area contributed by atoms with Crippen molar-refractivity contribution in [3.8, 4) is 0 Å². The van der Waals surface area contributed by atoms with Gasteiger partial charge in [0.2, 0.25) is 0 Å². The molecule has 1 aromatic carbocycles. The molecular formula is C17H18N4O3. The van der Waals surface area contributed by atoms with E-state index in [2.05, 4.69) is 15.2 Å². The maximum Gasteiger partial charge on any atom is 0.274 e. The number of nitrogens with two attached hydrogens (primary N) is 1. The predicted molar refractivity (Wildman–Crippen MR) is 90.2 cm³/mol. The molecule has 0 spiro atoms. The Morgan fingerprint density at radius 3 is 2.67 bits per heavy atom. The van der Waals surface area contributed by atoms with Gasteiger partial charge < -0.3 is 20.7 Å². The quantitative estimate of drug-likeness (QED) is 0.882. The van der Waals surface area contributed by atoms with Gasteiger partial charge in [-0.05, 0) is 24.3 Å². The number of carbonyl (C=O) groups excluding carboxylic acids is 2. The fourth-order valence-electron chi connectivity index (χ4n) is 2.56. The Morgan fingerprint density at radius 1 is 1.17 bits per heavy atom. The number of amides is 2. The standard InChI is InChI=1S/C17H18N4O3/c18-16(22)13-3-1-2-4-14(13)20-17(23)15-11-12(5-6-19-15)21-7-9-24-10-8-21/h1-6,11H,7-10H2,(H2,18,22)(H,20,23). The molecule has 3 rings (SSSR count). The zero-order valence-electron chi connectivity index (χ0n) is 13.1. The van der Waals surface area contributed by atoms with Gasteiger partial charge in [0.25, 0.3) is 11.8 Å². The first-order valence-electron chi connectivity index (χ1n) is 7.64. The van der Waals surface area contributed by atoms with Crippen molar-refractivity contribution in [1.29, 1.82) is 0 Å². The van der Waals surface area contributed by atoms with Crippen molar-refractivity contribution in [2.45, 2.75) is 0 Å². The molecule has 0 aliphatic carbocycles. The number of anilines is 2. The average molecular weight is 326 g/mol. The van der Waals surface area contributed by atoms with Crippen molar-refractivity contribution in [3.63, 3.8) is 0 Å². The maximum atomic E-state index is 12.5. The molecule has 0 atom stereocenters. The van der Waals surface area contributed by atoms with Crippen molar-refractivity contribution in [1.82, 2.24) is 4.98 Å². The van der Waals surface area contributed by atoms with Gasteiger partial charge in [-0.1, -0.05) is 12.1 Å². The lowest BCUT2D eigenvalue weighted by Crippen LogP contribution is -2.36. The van der Waals surface area contributed by atoms with Crippen molar-refractivity contribution < 1.29 is 14.3 Å². The molecule has 1 aliphatic rings. The molecule has 1 aromatic heterocycles. The Labute approximate surface area is 139 Å². The second kappa shape index (κ2) is 7.10. The predicted octanol–water partition coefficient (Wildman–Crippen LogP) is 1.27. The molecule has 1 aliphatic heterocycles. The molecule has 0 radical (unpaired) electrons. The molecule has 1 saturated heterocycles. The lowest BCUT2D eigenvalue weighted by molar-refractivity contribution is 0.100. The van der Waals surface area contributed by atoms with E-state index in [-0.39, 0.29) is 17.2 Å². The summed E-state index contributed by atoms with van der Waals surface area (Å²) in [5.41, 5.74) is 7.15. The molecule has 0 unspecified atom stereocenters. The monoisotopic (exact) mass is 326 g/mol. The number of para-hydroxylation sites is 1. The van der Waals surface area contributed by atoms with Crippen LogP contribution >= 0.6 is 0 Å². The lowest BCUT2D eigenvalue weighted by Gasteiger charge is -2.28. The number of primary amides is 1. The fraction of sp³-hybridized carbons (Fsp3) is 0.235. The number of aromatic nitrogens is 1. The topological polar surface area (TPSA) is 97.5 Å². The van der Waals surface area contributed by atoms with Gasteiger partial charge in [-0.15, -0.1) is 0 Å². The summed E-state index contributed by atoms with van der Waals surface area (Å²) in [7, 11) is 0. The molecular weight excluding hydrogens is 308 g/mol. The molecule has 124 valence electrons. The number of carbonyl (C=O) groups is 2. The van der Waals surface area contributed by atoms with E-state index in [0.29, 0.717) is 18.9 Å². The summed E-state index contributed by atoms with van der Waals surface area (Å²) in [6.45, 7) is 2.87. The largest absolute Gasteiger partial charge is 0.378 e. The fourth-order valence-corrected chi connectivity index (χ4v) is 2.56. The highest BCUT2D eigenvalue weighted by Gasteiger charge is 2.16. The Morgan fingerprint density at radius 2 is 1.92 bits per heavy atom. The summed E-state index contributed by atoms with van der Waals surface area (Å²) in [6, 6.07) is 10.2. The number of benzene rings is 1. The van der Waals surface area contributed by atoms with Gasteiger partial charge >= 0.3 is 0 Å². The van der Waals surface area contributed by atoms with Crippen molar-refractivity contribution in [3.05, 3.63) is 53.9 Å². The summed E-state index contributed by atoms with van der Waals surface area (Å²) >= 11 is 0. The van der Waals surface area contributed by atoms with Crippen LogP contribution in [0.4, 0.5) is 11.4 Å². The van der Waals surface area contributed by atoms with Gasteiger partial charge in [-0.25, -0.2) is 0 Å². The van der Waals surface area contributed by atoms with E-state index in [0.717, 1.165) is 18.8 Å². The molecule has 0 saturated carbocycles. The molecule has 7 heteroatoms. The number of pyridine rings is 1. The van der Waals surface area contributed by atoms with Gasteiger partial charge in [0.1, 0.15) is 5.69 Å². The molecule has 3 N–H and O–H groups in total. The van der Waals surface area contributed by atoms with Crippen LogP contribution in [-0.4, -0.2) is 43.1 Å². The number of nitrogens with one attached hydrogen (secondary N) is 1. The number of morpholine rings is 1. The number of hydrogen-bond acceptors (Lipinski definition) is 5. The molecule has 2 heterocycles. The van der Waals surface area contributed by atoms with E-state index in [4.69, 9.17) is 10.5 Å². The SMILES string of the molecule is NC(=O)c1ccccc1NC(=O)c1cc(N2CCOCC2)ccn1. The van der Waals surface area contributed by atoms with Gasteiger partial charge in [-0.2, -0.15) is 0 Å². The number of rotatable bonds is 4. The van der Waals surface area contributed by atoms with Crippen molar-refractivity contribution in [2.24, 2.45) is 5.73 Å². The normalized spacial score (nSPS) is 14.2. The van der Waals surface area contributed by atoms with Crippen LogP contribution in [-0.2, 0) is 4.74 Å². The molecule has 2 amide bonds. The number of ether oxygens (including phenoxy) is 1. The van der Waals surface area contributed by atoms with E-state index in [1.165, 1.54) is 0 Å². The third-order valence-corrected chi connectivity index (χ3v) is 3.79. The first-order valence-corrected chi connectivity index (χ1v) is 7.64. The summed E-state index contributed by atoms with van der Waals surface area (Å²) in [6.07, 6.45) is 1.60. The highest BCUT2D eigenvalue weighted by molar-refractivity contribution is 6.08. The molecule has 0 bridgehead atoms. The summed E-state index contributed by atoms with van der Waals surface area (Å²) < 4.78 is 5.33. The lowest BCUT2D eigenvalue weighted by atomic mass is 10.1. The average Bonchev–Trinajstić information content (AvgIpc) is 2.63. The van der Waals surface area contributed by atoms with Crippen LogP contribution in [0, 0.1) is 0 Å². The molecule has 1 fully saturated rings. The van der Waals surface area contributed by atoms with E-state index in [9.17, 15) is 9.59 Å². The highest BCUT2D eigenvalue weighted by atomic mass is 16.5. The summed E-state index contributed by atoms with van der Waals surface area (Å²) in [5.74, 6) is -0.986. The highest BCUT2D eigenvalue weighted by Crippen LogP contribution is 2.18. The van der Waals surface area contributed by atoms with Crippen LogP contribution in [0.5, 0.6) is 0 Å². The molecule has 24 heavy (non-hydrogen) atoms.